The van der Waals surface area contributed by atoms with Gasteiger partial charge in [0.05, 0.1) is 37.4 Å². The first kappa shape index (κ1) is 27.4. The molecule has 1 unspecified atom stereocenters. The summed E-state index contributed by atoms with van der Waals surface area (Å²) >= 11 is 0. The number of ether oxygens (including phenoxy) is 3. The number of aromatic nitrogens is 1. The highest BCUT2D eigenvalue weighted by Gasteiger charge is 2.42. The Hall–Kier alpha value is -5.63. The van der Waals surface area contributed by atoms with Gasteiger partial charge in [-0.25, -0.2) is 9.59 Å². The Balaban J connectivity index is 1.81. The van der Waals surface area contributed by atoms with E-state index in [0.29, 0.717) is 22.7 Å². The zero-order chi connectivity index (χ0) is 28.8. The van der Waals surface area contributed by atoms with Crippen molar-refractivity contribution in [2.75, 3.05) is 26.2 Å². The van der Waals surface area contributed by atoms with Crippen LogP contribution in [0.2, 0.25) is 0 Å². The highest BCUT2D eigenvalue weighted by Crippen LogP contribution is 2.43. The minimum absolute atomic E-state index is 0.0533. The molecule has 0 bridgehead atoms. The highest BCUT2D eigenvalue weighted by molar-refractivity contribution is 6.06. The monoisotopic (exact) mass is 539 g/mol. The number of esters is 2. The third kappa shape index (κ3) is 5.19. The molecule has 1 amide bonds. The fraction of sp³-hybridized carbons (Fsp3) is 0.138. The second-order valence-electron chi connectivity index (χ2n) is 8.39. The van der Waals surface area contributed by atoms with Crippen molar-refractivity contribution in [3.8, 4) is 17.6 Å². The first-order chi connectivity index (χ1) is 19.3. The Morgan fingerprint density at radius 3 is 2.25 bits per heavy atom. The van der Waals surface area contributed by atoms with Crippen molar-refractivity contribution < 1.29 is 28.6 Å². The molecule has 0 fully saturated rings. The molecule has 1 aliphatic rings. The number of allylic oxidation sites excluding steroid dienone is 1. The molecule has 1 aliphatic heterocycles. The smallest absolute Gasteiger partial charge is 0.355 e. The Kier molecular flexibility index (Phi) is 8.10. The molecule has 3 N–H and O–H groups in total. The second kappa shape index (κ2) is 11.8. The van der Waals surface area contributed by atoms with Gasteiger partial charge in [-0.3, -0.25) is 14.7 Å². The van der Waals surface area contributed by atoms with E-state index < -0.39 is 17.9 Å². The molecule has 0 aliphatic carbocycles. The number of benzene rings is 2. The minimum atomic E-state index is -0.965. The molecule has 202 valence electrons. The van der Waals surface area contributed by atoms with Gasteiger partial charge in [-0.05, 0) is 35.9 Å². The average Bonchev–Trinajstić information content (AvgIpc) is 3.00. The summed E-state index contributed by atoms with van der Waals surface area (Å²) in [6.45, 7) is 0. The molecule has 11 heteroatoms. The topological polar surface area (TPSA) is 157 Å². The number of nitrogens with two attached hydrogens (primary N) is 1. The molecular weight excluding hydrogens is 514 g/mol. The standard InChI is InChI=1S/C29H25N5O6/c1-32-27(35)22-15-20(13-14-33-22)40-19-11-9-18(10-12-19)34-25(29(37)39-3)24(28(36)38-2)23(21(16-30)26(34)31)17-7-5-4-6-8-17/h4-15,23H,31H2,1-3H3,(H,32,35). The summed E-state index contributed by atoms with van der Waals surface area (Å²) in [6, 6.07) is 20.3. The Bertz CT molecular complexity index is 1560. The van der Waals surface area contributed by atoms with E-state index in [4.69, 9.17) is 19.9 Å². The van der Waals surface area contributed by atoms with E-state index in [1.54, 1.807) is 60.7 Å². The molecule has 0 radical (unpaired) electrons. The first-order valence-corrected chi connectivity index (χ1v) is 12.0. The maximum atomic E-state index is 13.2. The van der Waals surface area contributed by atoms with Gasteiger partial charge < -0.3 is 25.3 Å². The molecular formula is C29H25N5O6. The average molecular weight is 540 g/mol. The third-order valence-corrected chi connectivity index (χ3v) is 6.13. The lowest BCUT2D eigenvalue weighted by Crippen LogP contribution is -2.40. The number of amides is 1. The van der Waals surface area contributed by atoms with Crippen molar-refractivity contribution in [2.24, 2.45) is 5.73 Å². The number of anilines is 1. The Labute approximate surface area is 230 Å². The summed E-state index contributed by atoms with van der Waals surface area (Å²) in [5, 5.41) is 12.6. The highest BCUT2D eigenvalue weighted by atomic mass is 16.5. The molecule has 3 aromatic rings. The van der Waals surface area contributed by atoms with Gasteiger partial charge in [0.1, 0.15) is 28.7 Å². The number of nitriles is 1. The van der Waals surface area contributed by atoms with Crippen LogP contribution in [0.5, 0.6) is 11.5 Å². The van der Waals surface area contributed by atoms with Crippen LogP contribution < -0.4 is 20.7 Å². The number of pyridine rings is 1. The largest absolute Gasteiger partial charge is 0.466 e. The summed E-state index contributed by atoms with van der Waals surface area (Å²) in [4.78, 5) is 43.5. The van der Waals surface area contributed by atoms with Crippen LogP contribution in [-0.2, 0) is 19.1 Å². The summed E-state index contributed by atoms with van der Waals surface area (Å²) in [7, 11) is 3.86. The maximum Gasteiger partial charge on any atom is 0.355 e. The molecule has 0 spiro atoms. The maximum absolute atomic E-state index is 13.2. The normalized spacial score (nSPS) is 14.8. The van der Waals surface area contributed by atoms with Crippen LogP contribution in [0.1, 0.15) is 22.0 Å². The Morgan fingerprint density at radius 2 is 1.65 bits per heavy atom. The van der Waals surface area contributed by atoms with Gasteiger partial charge in [-0.2, -0.15) is 5.26 Å². The van der Waals surface area contributed by atoms with Gasteiger partial charge in [0.25, 0.3) is 5.91 Å². The van der Waals surface area contributed by atoms with Crippen LogP contribution in [0.15, 0.2) is 95.6 Å². The van der Waals surface area contributed by atoms with Crippen LogP contribution in [0.3, 0.4) is 0 Å². The van der Waals surface area contributed by atoms with Crippen molar-refractivity contribution in [1.29, 1.82) is 5.26 Å². The van der Waals surface area contributed by atoms with Crippen LogP contribution in [0.25, 0.3) is 0 Å². The fourth-order valence-corrected chi connectivity index (χ4v) is 4.31. The van der Waals surface area contributed by atoms with Crippen molar-refractivity contribution in [3.05, 3.63) is 107 Å². The second-order valence-corrected chi connectivity index (χ2v) is 8.39. The van der Waals surface area contributed by atoms with E-state index in [2.05, 4.69) is 16.4 Å². The number of rotatable bonds is 7. The van der Waals surface area contributed by atoms with Crippen molar-refractivity contribution in [2.45, 2.75) is 5.92 Å². The molecule has 11 nitrogen and oxygen atoms in total. The van der Waals surface area contributed by atoms with Gasteiger partial charge in [-0.1, -0.05) is 30.3 Å². The number of hydrogen-bond acceptors (Lipinski definition) is 10. The van der Waals surface area contributed by atoms with Gasteiger partial charge in [0, 0.05) is 25.0 Å². The molecule has 0 saturated carbocycles. The summed E-state index contributed by atoms with van der Waals surface area (Å²) < 4.78 is 15.9. The quantitative estimate of drug-likeness (QED) is 0.428. The lowest BCUT2D eigenvalue weighted by Gasteiger charge is -2.35. The van der Waals surface area contributed by atoms with Crippen LogP contribution in [0.4, 0.5) is 5.69 Å². The molecule has 1 aromatic heterocycles. The van der Waals surface area contributed by atoms with Gasteiger partial charge in [0.2, 0.25) is 0 Å². The SMILES string of the molecule is CNC(=O)c1cc(Oc2ccc(N3C(N)=C(C#N)C(c4ccccc4)C(C(=O)OC)=C3C(=O)OC)cc2)ccn1. The van der Waals surface area contributed by atoms with Crippen molar-refractivity contribution >= 4 is 23.5 Å². The van der Waals surface area contributed by atoms with Crippen LogP contribution in [0, 0.1) is 11.3 Å². The van der Waals surface area contributed by atoms with E-state index in [1.807, 2.05) is 0 Å². The number of carbonyl (C=O) groups excluding carboxylic acids is 3. The molecule has 2 aromatic carbocycles. The summed E-state index contributed by atoms with van der Waals surface area (Å²) in [5.41, 5.74) is 7.40. The third-order valence-electron chi connectivity index (χ3n) is 6.13. The van der Waals surface area contributed by atoms with Crippen LogP contribution in [-0.4, -0.2) is 44.1 Å². The number of nitrogens with zero attached hydrogens (tertiary/aromatic N) is 3. The van der Waals surface area contributed by atoms with Crippen molar-refractivity contribution in [1.82, 2.24) is 10.3 Å². The lowest BCUT2D eigenvalue weighted by molar-refractivity contribution is -0.139. The summed E-state index contributed by atoms with van der Waals surface area (Å²) in [6.07, 6.45) is 1.45. The summed E-state index contributed by atoms with van der Waals surface area (Å²) in [5.74, 6) is -2.27. The van der Waals surface area contributed by atoms with Gasteiger partial charge in [-0.15, -0.1) is 0 Å². The molecule has 40 heavy (non-hydrogen) atoms. The molecule has 1 atom stereocenters. The molecule has 2 heterocycles. The number of hydrogen-bond donors (Lipinski definition) is 2. The molecule has 0 saturated heterocycles. The molecule has 4 rings (SSSR count). The van der Waals surface area contributed by atoms with E-state index in [9.17, 15) is 19.6 Å². The zero-order valence-corrected chi connectivity index (χ0v) is 21.9. The fourth-order valence-electron chi connectivity index (χ4n) is 4.31. The number of methoxy groups -OCH3 is 2. The van der Waals surface area contributed by atoms with E-state index in [0.717, 1.165) is 0 Å². The Morgan fingerprint density at radius 1 is 0.975 bits per heavy atom. The van der Waals surface area contributed by atoms with Gasteiger partial charge in [0.15, 0.2) is 0 Å². The lowest BCUT2D eigenvalue weighted by atomic mass is 9.81. The first-order valence-electron chi connectivity index (χ1n) is 12.0. The minimum Gasteiger partial charge on any atom is -0.466 e. The number of nitrogens with one attached hydrogen (secondary N) is 1. The zero-order valence-electron chi connectivity index (χ0n) is 21.9. The van der Waals surface area contributed by atoms with E-state index in [-0.39, 0.29) is 34.3 Å². The number of carbonyl (C=O) groups is 3. The van der Waals surface area contributed by atoms with Crippen molar-refractivity contribution in [3.63, 3.8) is 0 Å². The predicted molar refractivity (Wildman–Crippen MR) is 144 cm³/mol. The van der Waals surface area contributed by atoms with E-state index >= 15 is 0 Å². The predicted octanol–water partition coefficient (Wildman–Crippen LogP) is 3.13. The van der Waals surface area contributed by atoms with E-state index in [1.165, 1.54) is 38.4 Å². The van der Waals surface area contributed by atoms with Crippen LogP contribution >= 0.6 is 0 Å². The van der Waals surface area contributed by atoms with Gasteiger partial charge >= 0.3 is 11.9 Å².